The smallest absolute Gasteiger partial charge is 0.254 e. The van der Waals surface area contributed by atoms with Crippen LogP contribution in [0.2, 0.25) is 5.02 Å². The first-order valence-electron chi connectivity index (χ1n) is 10.0. The highest BCUT2D eigenvalue weighted by molar-refractivity contribution is 6.30. The second-order valence-electron chi connectivity index (χ2n) is 7.22. The van der Waals surface area contributed by atoms with E-state index in [4.69, 9.17) is 20.8 Å². The molecule has 0 spiro atoms. The molecule has 7 heteroatoms. The van der Waals surface area contributed by atoms with Crippen molar-refractivity contribution >= 4 is 23.4 Å². The summed E-state index contributed by atoms with van der Waals surface area (Å²) in [6, 6.07) is 10.4. The van der Waals surface area contributed by atoms with E-state index in [1.54, 1.807) is 46.4 Å². The van der Waals surface area contributed by atoms with Gasteiger partial charge < -0.3 is 19.0 Å². The number of ether oxygens (including phenoxy) is 1. The molecule has 0 N–H and O–H groups in total. The third-order valence-electron chi connectivity index (χ3n) is 4.93. The Kier molecular flexibility index (Phi) is 7.72. The summed E-state index contributed by atoms with van der Waals surface area (Å²) in [5.41, 5.74) is 0.521. The van der Waals surface area contributed by atoms with Crippen molar-refractivity contribution in [1.29, 1.82) is 0 Å². The molecule has 29 heavy (non-hydrogen) atoms. The molecule has 2 amide bonds. The second kappa shape index (κ2) is 10.5. The summed E-state index contributed by atoms with van der Waals surface area (Å²) < 4.78 is 11.1. The van der Waals surface area contributed by atoms with Crippen LogP contribution in [-0.2, 0) is 16.1 Å². The van der Waals surface area contributed by atoms with Crippen molar-refractivity contribution in [2.45, 2.75) is 38.8 Å². The third kappa shape index (κ3) is 6.08. The fourth-order valence-corrected chi connectivity index (χ4v) is 3.57. The lowest BCUT2D eigenvalue weighted by Gasteiger charge is -2.28. The molecule has 2 heterocycles. The average Bonchev–Trinajstić information content (AvgIpc) is 3.41. The van der Waals surface area contributed by atoms with Crippen LogP contribution in [0, 0.1) is 0 Å². The lowest BCUT2D eigenvalue weighted by molar-refractivity contribution is -0.134. The number of rotatable bonds is 9. The van der Waals surface area contributed by atoms with Crippen molar-refractivity contribution in [3.05, 3.63) is 59.0 Å². The van der Waals surface area contributed by atoms with Gasteiger partial charge in [-0.3, -0.25) is 9.59 Å². The first kappa shape index (κ1) is 21.4. The van der Waals surface area contributed by atoms with Gasteiger partial charge in [0.1, 0.15) is 12.3 Å². The zero-order chi connectivity index (χ0) is 20.6. The molecule has 0 aliphatic carbocycles. The molecule has 1 aromatic carbocycles. The molecule has 2 aromatic rings. The van der Waals surface area contributed by atoms with Crippen LogP contribution >= 0.6 is 11.6 Å². The van der Waals surface area contributed by atoms with Crippen molar-refractivity contribution < 1.29 is 18.7 Å². The number of benzene rings is 1. The van der Waals surface area contributed by atoms with Gasteiger partial charge in [0, 0.05) is 30.3 Å². The number of hydrogen-bond acceptors (Lipinski definition) is 4. The lowest BCUT2D eigenvalue weighted by Crippen LogP contribution is -2.45. The summed E-state index contributed by atoms with van der Waals surface area (Å²) in [5.74, 6) is 0.419. The molecule has 1 atom stereocenters. The highest BCUT2D eigenvalue weighted by atomic mass is 35.5. The van der Waals surface area contributed by atoms with E-state index in [0.717, 1.165) is 25.9 Å². The van der Waals surface area contributed by atoms with Crippen LogP contribution < -0.4 is 0 Å². The van der Waals surface area contributed by atoms with Crippen LogP contribution in [0.5, 0.6) is 0 Å². The Balaban J connectivity index is 1.71. The Morgan fingerprint density at radius 3 is 2.59 bits per heavy atom. The van der Waals surface area contributed by atoms with Crippen LogP contribution in [0.25, 0.3) is 0 Å². The molecule has 1 fully saturated rings. The molecule has 0 unspecified atom stereocenters. The second-order valence-corrected chi connectivity index (χ2v) is 7.66. The number of halogens is 1. The van der Waals surface area contributed by atoms with Crippen molar-refractivity contribution in [1.82, 2.24) is 9.80 Å². The van der Waals surface area contributed by atoms with E-state index in [0.29, 0.717) is 36.0 Å². The molecule has 156 valence electrons. The highest BCUT2D eigenvalue weighted by Gasteiger charge is 2.26. The van der Waals surface area contributed by atoms with Crippen LogP contribution in [-0.4, -0.2) is 54.0 Å². The first-order valence-corrected chi connectivity index (χ1v) is 10.4. The number of furan rings is 1. The number of nitrogens with zero attached hydrogens (tertiary/aromatic N) is 2. The predicted octanol–water partition coefficient (Wildman–Crippen LogP) is 3.99. The summed E-state index contributed by atoms with van der Waals surface area (Å²) in [6.07, 6.45) is 4.32. The standard InChI is InChI=1S/C22H27ClN2O4/c1-2-11-24(22(27)17-7-9-18(23)10-8-17)16-21(26)25(14-19-5-3-12-28-19)15-20-6-4-13-29-20/h3,5,7-10,12,20H,2,4,6,11,13-16H2,1H3/t20-/m0/s1. The van der Waals surface area contributed by atoms with Gasteiger partial charge in [-0.05, 0) is 55.7 Å². The molecule has 0 radical (unpaired) electrons. The molecule has 3 rings (SSSR count). The van der Waals surface area contributed by atoms with Gasteiger partial charge in [-0.2, -0.15) is 0 Å². The van der Waals surface area contributed by atoms with E-state index in [9.17, 15) is 9.59 Å². The minimum atomic E-state index is -0.174. The summed E-state index contributed by atoms with van der Waals surface area (Å²) in [6.45, 7) is 4.09. The number of hydrogen-bond donors (Lipinski definition) is 0. The van der Waals surface area contributed by atoms with E-state index < -0.39 is 0 Å². The minimum Gasteiger partial charge on any atom is -0.467 e. The van der Waals surface area contributed by atoms with Crippen LogP contribution in [0.15, 0.2) is 47.1 Å². The van der Waals surface area contributed by atoms with Gasteiger partial charge in [-0.1, -0.05) is 18.5 Å². The summed E-state index contributed by atoms with van der Waals surface area (Å²) in [7, 11) is 0. The predicted molar refractivity (Wildman–Crippen MR) is 111 cm³/mol. The van der Waals surface area contributed by atoms with Gasteiger partial charge >= 0.3 is 0 Å². The van der Waals surface area contributed by atoms with E-state index >= 15 is 0 Å². The van der Waals surface area contributed by atoms with Crippen LogP contribution in [0.1, 0.15) is 42.3 Å². The van der Waals surface area contributed by atoms with Crippen LogP contribution in [0.4, 0.5) is 0 Å². The van der Waals surface area contributed by atoms with E-state index in [2.05, 4.69) is 0 Å². The van der Waals surface area contributed by atoms with Crippen molar-refractivity contribution in [2.24, 2.45) is 0 Å². The average molecular weight is 419 g/mol. The zero-order valence-electron chi connectivity index (χ0n) is 16.7. The van der Waals surface area contributed by atoms with Gasteiger partial charge in [0.2, 0.25) is 5.91 Å². The maximum Gasteiger partial charge on any atom is 0.254 e. The van der Waals surface area contributed by atoms with E-state index in [1.165, 1.54) is 0 Å². The Morgan fingerprint density at radius 1 is 1.17 bits per heavy atom. The minimum absolute atomic E-state index is 0.0166. The van der Waals surface area contributed by atoms with Crippen molar-refractivity contribution in [3.8, 4) is 0 Å². The first-order chi connectivity index (χ1) is 14.1. The van der Waals surface area contributed by atoms with Gasteiger partial charge in [0.15, 0.2) is 0 Å². The van der Waals surface area contributed by atoms with Gasteiger partial charge in [-0.15, -0.1) is 0 Å². The lowest BCUT2D eigenvalue weighted by atomic mass is 10.2. The topological polar surface area (TPSA) is 63.0 Å². The Hall–Kier alpha value is -2.31. The molecular formula is C22H27ClN2O4. The van der Waals surface area contributed by atoms with Gasteiger partial charge in [-0.25, -0.2) is 0 Å². The molecule has 0 bridgehead atoms. The van der Waals surface area contributed by atoms with Crippen molar-refractivity contribution in [2.75, 3.05) is 26.2 Å². The molecule has 0 saturated carbocycles. The Bertz CT molecular complexity index is 786. The number of amides is 2. The van der Waals surface area contributed by atoms with Crippen molar-refractivity contribution in [3.63, 3.8) is 0 Å². The molecule has 1 aliphatic rings. The fourth-order valence-electron chi connectivity index (χ4n) is 3.44. The highest BCUT2D eigenvalue weighted by Crippen LogP contribution is 2.17. The summed E-state index contributed by atoms with van der Waals surface area (Å²) in [4.78, 5) is 29.4. The molecular weight excluding hydrogens is 392 g/mol. The SMILES string of the molecule is CCCN(CC(=O)N(Cc1ccco1)C[C@@H]1CCCO1)C(=O)c1ccc(Cl)cc1. The van der Waals surface area contributed by atoms with Crippen LogP contribution in [0.3, 0.4) is 0 Å². The summed E-state index contributed by atoms with van der Waals surface area (Å²) >= 11 is 5.93. The molecule has 1 aromatic heterocycles. The Morgan fingerprint density at radius 2 is 1.97 bits per heavy atom. The molecule has 1 aliphatic heterocycles. The van der Waals surface area contributed by atoms with E-state index in [1.807, 2.05) is 13.0 Å². The normalized spacial score (nSPS) is 16.0. The maximum atomic E-state index is 13.1. The Labute approximate surface area is 176 Å². The number of carbonyl (C=O) groups excluding carboxylic acids is 2. The third-order valence-corrected chi connectivity index (χ3v) is 5.18. The summed E-state index contributed by atoms with van der Waals surface area (Å²) in [5, 5.41) is 0.570. The monoisotopic (exact) mass is 418 g/mol. The molecule has 6 nitrogen and oxygen atoms in total. The number of carbonyl (C=O) groups is 2. The largest absolute Gasteiger partial charge is 0.467 e. The molecule has 1 saturated heterocycles. The quantitative estimate of drug-likeness (QED) is 0.617. The fraction of sp³-hybridized carbons (Fsp3) is 0.455. The van der Waals surface area contributed by atoms with Gasteiger partial charge in [0.05, 0.1) is 18.9 Å². The maximum absolute atomic E-state index is 13.1. The van der Waals surface area contributed by atoms with E-state index in [-0.39, 0.29) is 24.5 Å². The zero-order valence-corrected chi connectivity index (χ0v) is 17.4. The van der Waals surface area contributed by atoms with Gasteiger partial charge in [0.25, 0.3) is 5.91 Å².